The molecule has 1 aliphatic carbocycles. The average Bonchev–Trinajstić information content (AvgIpc) is 2.79. The fourth-order valence-corrected chi connectivity index (χ4v) is 4.23. The average molecular weight is 458 g/mol. The molecule has 0 aliphatic heterocycles. The minimum Gasteiger partial charge on any atom is -0.349 e. The summed E-state index contributed by atoms with van der Waals surface area (Å²) in [5, 5.41) is 7.40. The highest BCUT2D eigenvalue weighted by atomic mass is 19.1. The molecule has 6 nitrogen and oxygen atoms in total. The molecule has 0 saturated heterocycles. The molecule has 3 rings (SSSR count). The van der Waals surface area contributed by atoms with Gasteiger partial charge >= 0.3 is 6.03 Å². The van der Waals surface area contributed by atoms with Crippen molar-refractivity contribution in [2.75, 3.05) is 5.32 Å². The van der Waals surface area contributed by atoms with E-state index >= 15 is 0 Å². The summed E-state index contributed by atoms with van der Waals surface area (Å²) in [7, 11) is 0. The summed E-state index contributed by atoms with van der Waals surface area (Å²) >= 11 is 0. The van der Waals surface area contributed by atoms with Crippen LogP contribution in [0.25, 0.3) is 0 Å². The summed E-state index contributed by atoms with van der Waals surface area (Å²) < 4.78 is 27.3. The fourth-order valence-electron chi connectivity index (χ4n) is 4.23. The topological polar surface area (TPSA) is 87.3 Å². The van der Waals surface area contributed by atoms with Crippen molar-refractivity contribution in [3.05, 3.63) is 65.2 Å². The van der Waals surface area contributed by atoms with Gasteiger partial charge in [-0.2, -0.15) is 0 Å². The van der Waals surface area contributed by atoms with E-state index in [1.807, 2.05) is 5.32 Å². The lowest BCUT2D eigenvalue weighted by Gasteiger charge is -2.33. The SMILES string of the molecule is CCC(C)C1CCCC(NC(=O)c2ccc(NC(=O)NC(=O)c3c(F)cccc3F)cc2)C1. The molecule has 1 saturated carbocycles. The number of hydrogen-bond acceptors (Lipinski definition) is 3. The Morgan fingerprint density at radius 2 is 1.67 bits per heavy atom. The molecular weight excluding hydrogens is 428 g/mol. The van der Waals surface area contributed by atoms with Crippen LogP contribution in [0, 0.1) is 23.5 Å². The molecule has 2 aromatic carbocycles. The molecular formula is C25H29F2N3O3. The number of carbonyl (C=O) groups excluding carboxylic acids is 3. The summed E-state index contributed by atoms with van der Waals surface area (Å²) in [5.74, 6) is -2.23. The highest BCUT2D eigenvalue weighted by Gasteiger charge is 2.26. The number of carbonyl (C=O) groups is 3. The van der Waals surface area contributed by atoms with Crippen molar-refractivity contribution in [2.45, 2.75) is 52.0 Å². The second kappa shape index (κ2) is 11.0. The van der Waals surface area contributed by atoms with Gasteiger partial charge in [0.1, 0.15) is 17.2 Å². The Bertz CT molecular complexity index is 990. The number of benzene rings is 2. The summed E-state index contributed by atoms with van der Waals surface area (Å²) in [6.45, 7) is 4.45. The van der Waals surface area contributed by atoms with Crippen molar-refractivity contribution in [3.8, 4) is 0 Å². The van der Waals surface area contributed by atoms with E-state index < -0.39 is 29.1 Å². The number of halogens is 2. The third-order valence-electron chi connectivity index (χ3n) is 6.32. The Kier molecular flexibility index (Phi) is 8.14. The van der Waals surface area contributed by atoms with Gasteiger partial charge in [0.05, 0.1) is 0 Å². The van der Waals surface area contributed by atoms with E-state index in [0.29, 0.717) is 23.1 Å². The van der Waals surface area contributed by atoms with Crippen LogP contribution < -0.4 is 16.0 Å². The molecule has 3 atom stereocenters. The highest BCUT2D eigenvalue weighted by molar-refractivity contribution is 6.08. The molecule has 0 aromatic heterocycles. The molecule has 0 spiro atoms. The largest absolute Gasteiger partial charge is 0.349 e. The molecule has 4 amide bonds. The lowest BCUT2D eigenvalue weighted by Crippen LogP contribution is -2.39. The first-order valence-corrected chi connectivity index (χ1v) is 11.3. The zero-order valence-electron chi connectivity index (χ0n) is 18.8. The van der Waals surface area contributed by atoms with E-state index in [2.05, 4.69) is 24.5 Å². The predicted octanol–water partition coefficient (Wildman–Crippen LogP) is 5.26. The van der Waals surface area contributed by atoms with Crippen molar-refractivity contribution in [1.82, 2.24) is 10.6 Å². The van der Waals surface area contributed by atoms with Crippen LogP contribution in [0.2, 0.25) is 0 Å². The van der Waals surface area contributed by atoms with Crippen molar-refractivity contribution in [3.63, 3.8) is 0 Å². The minimum atomic E-state index is -1.19. The van der Waals surface area contributed by atoms with Gasteiger partial charge in [-0.05, 0) is 61.1 Å². The number of rotatable bonds is 6. The maximum absolute atomic E-state index is 13.7. The van der Waals surface area contributed by atoms with Gasteiger partial charge in [-0.15, -0.1) is 0 Å². The third-order valence-corrected chi connectivity index (χ3v) is 6.32. The quantitative estimate of drug-likeness (QED) is 0.553. The smallest absolute Gasteiger partial charge is 0.326 e. The number of hydrogen-bond donors (Lipinski definition) is 3. The van der Waals surface area contributed by atoms with E-state index in [1.165, 1.54) is 18.6 Å². The molecule has 3 unspecified atom stereocenters. The third kappa shape index (κ3) is 6.37. The monoisotopic (exact) mass is 457 g/mol. The second-order valence-electron chi connectivity index (χ2n) is 8.56. The van der Waals surface area contributed by atoms with Crippen LogP contribution in [-0.2, 0) is 0 Å². The molecule has 0 heterocycles. The van der Waals surface area contributed by atoms with E-state index in [0.717, 1.165) is 43.9 Å². The Labute approximate surface area is 192 Å². The lowest BCUT2D eigenvalue weighted by atomic mass is 9.77. The van der Waals surface area contributed by atoms with Gasteiger partial charge in [-0.25, -0.2) is 13.6 Å². The van der Waals surface area contributed by atoms with Crippen molar-refractivity contribution in [1.29, 1.82) is 0 Å². The molecule has 1 aliphatic rings. The zero-order chi connectivity index (χ0) is 24.0. The van der Waals surface area contributed by atoms with Crippen LogP contribution in [0.5, 0.6) is 0 Å². The fraction of sp³-hybridized carbons (Fsp3) is 0.400. The highest BCUT2D eigenvalue weighted by Crippen LogP contribution is 2.31. The number of imide groups is 1. The normalized spacial score (nSPS) is 18.8. The molecule has 33 heavy (non-hydrogen) atoms. The molecule has 3 N–H and O–H groups in total. The summed E-state index contributed by atoms with van der Waals surface area (Å²) in [6, 6.07) is 8.36. The van der Waals surface area contributed by atoms with Crippen molar-refractivity contribution in [2.24, 2.45) is 11.8 Å². The summed E-state index contributed by atoms with van der Waals surface area (Å²) in [5.41, 5.74) is -0.0607. The maximum Gasteiger partial charge on any atom is 0.326 e. The first kappa shape index (κ1) is 24.4. The molecule has 2 aromatic rings. The standard InChI is InChI=1S/C25H29F2N3O3/c1-3-15(2)17-6-4-7-19(14-17)28-23(31)16-10-12-18(13-11-16)29-25(33)30-24(32)22-20(26)8-5-9-21(22)27/h5,8-13,15,17,19H,3-4,6-7,14H2,1-2H3,(H,28,31)(H2,29,30,32,33). The van der Waals surface area contributed by atoms with Gasteiger partial charge in [0.25, 0.3) is 11.8 Å². The van der Waals surface area contributed by atoms with Crippen LogP contribution in [0.3, 0.4) is 0 Å². The summed E-state index contributed by atoms with van der Waals surface area (Å²) in [4.78, 5) is 36.7. The van der Waals surface area contributed by atoms with Crippen LogP contribution in [0.4, 0.5) is 19.3 Å². The van der Waals surface area contributed by atoms with Crippen molar-refractivity contribution >= 4 is 23.5 Å². The van der Waals surface area contributed by atoms with Crippen molar-refractivity contribution < 1.29 is 23.2 Å². The Morgan fingerprint density at radius 1 is 1.00 bits per heavy atom. The van der Waals surface area contributed by atoms with Crippen LogP contribution >= 0.6 is 0 Å². The molecule has 8 heteroatoms. The van der Waals surface area contributed by atoms with E-state index in [1.54, 1.807) is 12.1 Å². The maximum atomic E-state index is 13.7. The van der Waals surface area contributed by atoms with Crippen LogP contribution in [0.15, 0.2) is 42.5 Å². The number of nitrogens with one attached hydrogen (secondary N) is 3. The molecule has 0 bridgehead atoms. The van der Waals surface area contributed by atoms with E-state index in [4.69, 9.17) is 0 Å². The second-order valence-corrected chi connectivity index (χ2v) is 8.56. The number of urea groups is 1. The van der Waals surface area contributed by atoms with Gasteiger partial charge < -0.3 is 10.6 Å². The lowest BCUT2D eigenvalue weighted by molar-refractivity contribution is 0.0909. The first-order chi connectivity index (χ1) is 15.8. The Morgan fingerprint density at radius 3 is 2.30 bits per heavy atom. The first-order valence-electron chi connectivity index (χ1n) is 11.3. The molecule has 176 valence electrons. The number of amides is 4. The minimum absolute atomic E-state index is 0.151. The number of anilines is 1. The summed E-state index contributed by atoms with van der Waals surface area (Å²) in [6.07, 6.45) is 5.39. The van der Waals surface area contributed by atoms with Gasteiger partial charge in [0.2, 0.25) is 0 Å². The molecule has 1 fully saturated rings. The van der Waals surface area contributed by atoms with Gasteiger partial charge in [-0.3, -0.25) is 14.9 Å². The van der Waals surface area contributed by atoms with Crippen LogP contribution in [0.1, 0.15) is 66.7 Å². The predicted molar refractivity (Wildman–Crippen MR) is 122 cm³/mol. The molecule has 0 radical (unpaired) electrons. The van der Waals surface area contributed by atoms with Gasteiger partial charge in [0, 0.05) is 17.3 Å². The van der Waals surface area contributed by atoms with Gasteiger partial charge in [-0.1, -0.05) is 39.2 Å². The van der Waals surface area contributed by atoms with Crippen LogP contribution in [-0.4, -0.2) is 23.9 Å². The Hall–Kier alpha value is -3.29. The Balaban J connectivity index is 1.54. The van der Waals surface area contributed by atoms with E-state index in [9.17, 15) is 23.2 Å². The van der Waals surface area contributed by atoms with E-state index in [-0.39, 0.29) is 11.9 Å². The van der Waals surface area contributed by atoms with Gasteiger partial charge in [0.15, 0.2) is 0 Å². The zero-order valence-corrected chi connectivity index (χ0v) is 18.8.